The highest BCUT2D eigenvalue weighted by molar-refractivity contribution is 5.83. The Kier molecular flexibility index (Phi) is 6.14. The van der Waals surface area contributed by atoms with Gasteiger partial charge in [0.25, 0.3) is 0 Å². The van der Waals surface area contributed by atoms with Crippen molar-refractivity contribution < 1.29 is 19.2 Å². The van der Waals surface area contributed by atoms with E-state index in [1.54, 1.807) is 13.8 Å². The molecule has 1 heterocycles. The molecule has 0 aliphatic carbocycles. The van der Waals surface area contributed by atoms with Crippen LogP contribution in [0.4, 0.5) is 0 Å². The first kappa shape index (κ1) is 16.1. The van der Waals surface area contributed by atoms with Gasteiger partial charge in [0.2, 0.25) is 11.8 Å². The second-order valence-electron chi connectivity index (χ2n) is 4.98. The van der Waals surface area contributed by atoms with Crippen LogP contribution in [-0.4, -0.2) is 33.2 Å². The van der Waals surface area contributed by atoms with Crippen LogP contribution in [0.5, 0.6) is 0 Å². The van der Waals surface area contributed by atoms with E-state index in [4.69, 9.17) is 9.63 Å². The molecular formula is C13H21N3O4. The molecule has 0 aliphatic rings. The van der Waals surface area contributed by atoms with E-state index in [1.807, 2.05) is 6.92 Å². The second-order valence-corrected chi connectivity index (χ2v) is 4.98. The molecule has 1 aromatic heterocycles. The minimum atomic E-state index is -1.03. The number of aliphatic carboxylic acids is 1. The number of carboxylic acids is 1. The average molecular weight is 283 g/mol. The Morgan fingerprint density at radius 3 is 2.60 bits per heavy atom. The van der Waals surface area contributed by atoms with Crippen molar-refractivity contribution in [3.05, 3.63) is 11.7 Å². The molecule has 0 saturated carbocycles. The van der Waals surface area contributed by atoms with Crippen molar-refractivity contribution in [2.24, 2.45) is 5.92 Å². The van der Waals surface area contributed by atoms with Gasteiger partial charge in [-0.05, 0) is 12.3 Å². The molecule has 0 spiro atoms. The lowest BCUT2D eigenvalue weighted by Crippen LogP contribution is -2.44. The van der Waals surface area contributed by atoms with Crippen LogP contribution in [0.15, 0.2) is 4.52 Å². The lowest BCUT2D eigenvalue weighted by molar-refractivity contribution is -0.143. The Morgan fingerprint density at radius 1 is 1.35 bits per heavy atom. The average Bonchev–Trinajstić information content (AvgIpc) is 2.81. The maximum Gasteiger partial charge on any atom is 0.326 e. The molecule has 0 radical (unpaired) electrons. The van der Waals surface area contributed by atoms with Gasteiger partial charge in [0.1, 0.15) is 6.04 Å². The number of hydrogen-bond donors (Lipinski definition) is 2. The number of carbonyl (C=O) groups excluding carboxylic acids is 1. The van der Waals surface area contributed by atoms with Gasteiger partial charge >= 0.3 is 5.97 Å². The van der Waals surface area contributed by atoms with E-state index in [-0.39, 0.29) is 18.2 Å². The molecule has 0 fully saturated rings. The number of aryl methyl sites for hydroxylation is 2. The molecule has 0 aromatic carbocycles. The van der Waals surface area contributed by atoms with E-state index in [0.717, 1.165) is 12.8 Å². The van der Waals surface area contributed by atoms with Crippen LogP contribution in [0, 0.1) is 5.92 Å². The first-order chi connectivity index (χ1) is 9.43. The van der Waals surface area contributed by atoms with Crippen molar-refractivity contribution in [1.29, 1.82) is 0 Å². The van der Waals surface area contributed by atoms with Crippen molar-refractivity contribution in [2.45, 2.75) is 52.5 Å². The number of carboxylic acid groups (broad SMARTS) is 1. The third-order valence-corrected chi connectivity index (χ3v) is 2.80. The summed E-state index contributed by atoms with van der Waals surface area (Å²) in [5, 5.41) is 15.3. The van der Waals surface area contributed by atoms with Crippen LogP contribution in [0.25, 0.3) is 0 Å². The zero-order chi connectivity index (χ0) is 15.1. The number of nitrogens with one attached hydrogen (secondary N) is 1. The summed E-state index contributed by atoms with van der Waals surface area (Å²) in [6.07, 6.45) is 2.11. The van der Waals surface area contributed by atoms with Gasteiger partial charge in [-0.15, -0.1) is 0 Å². The molecule has 2 N–H and O–H groups in total. The van der Waals surface area contributed by atoms with Crippen molar-refractivity contribution in [2.75, 3.05) is 0 Å². The quantitative estimate of drug-likeness (QED) is 0.742. The predicted octanol–water partition coefficient (Wildman–Crippen LogP) is 1.18. The molecule has 1 unspecified atom stereocenters. The van der Waals surface area contributed by atoms with Gasteiger partial charge in [-0.2, -0.15) is 4.98 Å². The fraction of sp³-hybridized carbons (Fsp3) is 0.692. The Balaban J connectivity index is 2.44. The highest BCUT2D eigenvalue weighted by Gasteiger charge is 2.23. The van der Waals surface area contributed by atoms with Gasteiger partial charge in [-0.25, -0.2) is 4.79 Å². The zero-order valence-corrected chi connectivity index (χ0v) is 12.0. The van der Waals surface area contributed by atoms with Gasteiger partial charge in [0, 0.05) is 19.3 Å². The summed E-state index contributed by atoms with van der Waals surface area (Å²) in [6, 6.07) is -0.874. The molecule has 0 saturated heterocycles. The smallest absolute Gasteiger partial charge is 0.326 e. The molecule has 1 aromatic rings. The Labute approximate surface area is 117 Å². The molecule has 1 rings (SSSR count). The summed E-state index contributed by atoms with van der Waals surface area (Å²) in [6.45, 7) is 5.50. The fourth-order valence-electron chi connectivity index (χ4n) is 1.70. The summed E-state index contributed by atoms with van der Waals surface area (Å²) < 4.78 is 5.01. The minimum absolute atomic E-state index is 0.129. The predicted molar refractivity (Wildman–Crippen MR) is 71.0 cm³/mol. The number of aromatic nitrogens is 2. The largest absolute Gasteiger partial charge is 0.480 e. The standard InChI is InChI=1S/C13H21N3O4/c1-4-5-9-14-11(20-16-9)7-6-10(17)15-12(8(2)3)13(18)19/h8,12H,4-7H2,1-3H3,(H,15,17)(H,18,19). The number of hydrogen-bond acceptors (Lipinski definition) is 5. The Hall–Kier alpha value is -1.92. The van der Waals surface area contributed by atoms with E-state index < -0.39 is 12.0 Å². The highest BCUT2D eigenvalue weighted by atomic mass is 16.5. The molecule has 1 atom stereocenters. The maximum absolute atomic E-state index is 11.7. The van der Waals surface area contributed by atoms with Gasteiger partial charge in [-0.3, -0.25) is 4.79 Å². The monoisotopic (exact) mass is 283 g/mol. The van der Waals surface area contributed by atoms with Gasteiger partial charge in [0.15, 0.2) is 5.82 Å². The third-order valence-electron chi connectivity index (χ3n) is 2.80. The first-order valence-corrected chi connectivity index (χ1v) is 6.77. The minimum Gasteiger partial charge on any atom is -0.480 e. The van der Waals surface area contributed by atoms with Crippen LogP contribution in [0.1, 0.15) is 45.3 Å². The number of carbonyl (C=O) groups is 2. The van der Waals surface area contributed by atoms with Crippen molar-refractivity contribution >= 4 is 11.9 Å². The summed E-state index contributed by atoms with van der Waals surface area (Å²) in [7, 11) is 0. The van der Waals surface area contributed by atoms with E-state index in [2.05, 4.69) is 15.5 Å². The maximum atomic E-state index is 11.7. The van der Waals surface area contributed by atoms with Crippen molar-refractivity contribution in [3.63, 3.8) is 0 Å². The summed E-state index contributed by atoms with van der Waals surface area (Å²) in [5.41, 5.74) is 0. The van der Waals surface area contributed by atoms with Crippen LogP contribution in [-0.2, 0) is 22.4 Å². The normalized spacial score (nSPS) is 12.4. The van der Waals surface area contributed by atoms with Crippen LogP contribution < -0.4 is 5.32 Å². The van der Waals surface area contributed by atoms with E-state index >= 15 is 0 Å². The van der Waals surface area contributed by atoms with Crippen LogP contribution in [0.3, 0.4) is 0 Å². The van der Waals surface area contributed by atoms with Crippen LogP contribution in [0.2, 0.25) is 0 Å². The SMILES string of the molecule is CCCc1noc(CCC(=O)NC(C(=O)O)C(C)C)n1. The number of nitrogens with zero attached hydrogens (tertiary/aromatic N) is 2. The van der Waals surface area contributed by atoms with E-state index in [1.165, 1.54) is 0 Å². The summed E-state index contributed by atoms with van der Waals surface area (Å²) in [5.74, 6) is -0.498. The molecule has 0 bridgehead atoms. The molecule has 1 amide bonds. The molecule has 7 nitrogen and oxygen atoms in total. The second kappa shape index (κ2) is 7.62. The van der Waals surface area contributed by atoms with Crippen LogP contribution >= 0.6 is 0 Å². The summed E-state index contributed by atoms with van der Waals surface area (Å²) >= 11 is 0. The first-order valence-electron chi connectivity index (χ1n) is 6.77. The van der Waals surface area contributed by atoms with Crippen molar-refractivity contribution in [3.8, 4) is 0 Å². The lowest BCUT2D eigenvalue weighted by atomic mass is 10.0. The molecule has 112 valence electrons. The highest BCUT2D eigenvalue weighted by Crippen LogP contribution is 2.05. The molecule has 7 heteroatoms. The fourth-order valence-corrected chi connectivity index (χ4v) is 1.70. The van der Waals surface area contributed by atoms with E-state index in [9.17, 15) is 9.59 Å². The molecule has 20 heavy (non-hydrogen) atoms. The third kappa shape index (κ3) is 4.99. The zero-order valence-electron chi connectivity index (χ0n) is 12.0. The van der Waals surface area contributed by atoms with Gasteiger partial charge < -0.3 is 14.9 Å². The number of rotatable bonds is 8. The summed E-state index contributed by atoms with van der Waals surface area (Å²) in [4.78, 5) is 26.8. The lowest BCUT2D eigenvalue weighted by Gasteiger charge is -2.17. The number of amides is 1. The van der Waals surface area contributed by atoms with Crippen molar-refractivity contribution in [1.82, 2.24) is 15.5 Å². The molecular weight excluding hydrogens is 262 g/mol. The Bertz CT molecular complexity index is 456. The van der Waals surface area contributed by atoms with Gasteiger partial charge in [-0.1, -0.05) is 25.9 Å². The Morgan fingerprint density at radius 2 is 2.05 bits per heavy atom. The van der Waals surface area contributed by atoms with Gasteiger partial charge in [0.05, 0.1) is 0 Å². The van der Waals surface area contributed by atoms with E-state index in [0.29, 0.717) is 18.1 Å². The topological polar surface area (TPSA) is 105 Å². The molecule has 0 aliphatic heterocycles.